The van der Waals surface area contributed by atoms with Crippen LogP contribution in [0.5, 0.6) is 0 Å². The first-order chi connectivity index (χ1) is 13.4. The van der Waals surface area contributed by atoms with Gasteiger partial charge in [0.1, 0.15) is 5.82 Å². The van der Waals surface area contributed by atoms with E-state index in [1.54, 1.807) is 23.0 Å². The Labute approximate surface area is 166 Å². The van der Waals surface area contributed by atoms with Crippen LogP contribution in [0.3, 0.4) is 0 Å². The molecule has 1 saturated heterocycles. The van der Waals surface area contributed by atoms with Crippen LogP contribution in [0.25, 0.3) is 5.69 Å². The number of halogens is 1. The lowest BCUT2D eigenvalue weighted by Gasteiger charge is -2.36. The second kappa shape index (κ2) is 8.86. The Balaban J connectivity index is 1.68. The van der Waals surface area contributed by atoms with Crippen LogP contribution in [0.2, 0.25) is 0 Å². The van der Waals surface area contributed by atoms with Gasteiger partial charge in [-0.05, 0) is 55.9 Å². The first-order valence-corrected chi connectivity index (χ1v) is 10.2. The van der Waals surface area contributed by atoms with Crippen molar-refractivity contribution in [1.29, 1.82) is 0 Å². The number of rotatable bonds is 6. The van der Waals surface area contributed by atoms with Crippen LogP contribution in [0.15, 0.2) is 30.5 Å². The van der Waals surface area contributed by atoms with Crippen molar-refractivity contribution >= 4 is 5.91 Å². The summed E-state index contributed by atoms with van der Waals surface area (Å²) in [5, 5.41) is 7.50. The standard InChI is InChI=1S/C22H31FN4O/c1-5-21-20(11-24-27(21)19-8-6-18(23)7-9-19)22(28)25-17(4)14-26-12-15(2)10-16(3)13-26/h6-9,11,15-17H,5,10,12-14H2,1-4H3,(H,25,28). The van der Waals surface area contributed by atoms with Gasteiger partial charge in [0, 0.05) is 25.7 Å². The average molecular weight is 387 g/mol. The number of piperidine rings is 1. The summed E-state index contributed by atoms with van der Waals surface area (Å²) in [6.07, 6.45) is 3.55. The highest BCUT2D eigenvalue weighted by Crippen LogP contribution is 2.21. The number of amides is 1. The quantitative estimate of drug-likeness (QED) is 0.824. The largest absolute Gasteiger partial charge is 0.348 e. The average Bonchev–Trinajstić information content (AvgIpc) is 3.05. The Morgan fingerprint density at radius 1 is 1.25 bits per heavy atom. The predicted molar refractivity (Wildman–Crippen MR) is 109 cm³/mol. The van der Waals surface area contributed by atoms with Crippen LogP contribution in [0.1, 0.15) is 50.2 Å². The van der Waals surface area contributed by atoms with E-state index in [1.807, 2.05) is 6.92 Å². The first kappa shape index (κ1) is 20.5. The van der Waals surface area contributed by atoms with Gasteiger partial charge < -0.3 is 10.2 Å². The molecular weight excluding hydrogens is 355 g/mol. The number of nitrogens with one attached hydrogen (secondary N) is 1. The molecule has 1 aromatic carbocycles. The van der Waals surface area contributed by atoms with E-state index >= 15 is 0 Å². The maximum Gasteiger partial charge on any atom is 0.255 e. The summed E-state index contributed by atoms with van der Waals surface area (Å²) in [7, 11) is 0. The molecule has 152 valence electrons. The number of hydrogen-bond acceptors (Lipinski definition) is 3. The predicted octanol–water partition coefficient (Wildman–Crippen LogP) is 3.67. The molecule has 2 heterocycles. The molecule has 1 fully saturated rings. The number of nitrogens with zero attached hydrogens (tertiary/aromatic N) is 3. The maximum atomic E-state index is 13.2. The third kappa shape index (κ3) is 4.79. The summed E-state index contributed by atoms with van der Waals surface area (Å²) in [5.41, 5.74) is 2.16. The van der Waals surface area contributed by atoms with Crippen LogP contribution < -0.4 is 5.32 Å². The summed E-state index contributed by atoms with van der Waals surface area (Å²) in [6, 6.07) is 6.20. The van der Waals surface area contributed by atoms with Gasteiger partial charge in [-0.15, -0.1) is 0 Å². The van der Waals surface area contributed by atoms with Crippen molar-refractivity contribution in [2.75, 3.05) is 19.6 Å². The van der Waals surface area contributed by atoms with Crippen molar-refractivity contribution < 1.29 is 9.18 Å². The van der Waals surface area contributed by atoms with E-state index in [4.69, 9.17) is 0 Å². The van der Waals surface area contributed by atoms with Crippen molar-refractivity contribution in [2.45, 2.75) is 46.6 Å². The number of aromatic nitrogens is 2. The molecule has 0 radical (unpaired) electrons. The third-order valence-corrected chi connectivity index (χ3v) is 5.37. The van der Waals surface area contributed by atoms with E-state index in [9.17, 15) is 9.18 Å². The molecule has 5 nitrogen and oxygen atoms in total. The Morgan fingerprint density at radius 2 is 1.89 bits per heavy atom. The molecule has 1 aromatic heterocycles. The Kier molecular flexibility index (Phi) is 6.50. The van der Waals surface area contributed by atoms with Crippen LogP contribution in [0.4, 0.5) is 4.39 Å². The van der Waals surface area contributed by atoms with Gasteiger partial charge >= 0.3 is 0 Å². The zero-order valence-corrected chi connectivity index (χ0v) is 17.3. The molecule has 0 saturated carbocycles. The number of carbonyl (C=O) groups is 1. The number of likely N-dealkylation sites (tertiary alicyclic amines) is 1. The molecule has 1 aliphatic heterocycles. The Bertz CT molecular complexity index is 791. The van der Waals surface area contributed by atoms with Crippen molar-refractivity contribution in [3.05, 3.63) is 47.5 Å². The minimum absolute atomic E-state index is 0.0591. The fourth-order valence-electron chi connectivity index (χ4n) is 4.38. The van der Waals surface area contributed by atoms with Crippen LogP contribution in [-0.2, 0) is 6.42 Å². The fraction of sp³-hybridized carbons (Fsp3) is 0.545. The van der Waals surface area contributed by atoms with Gasteiger partial charge in [0.25, 0.3) is 5.91 Å². The second-order valence-corrected chi connectivity index (χ2v) is 8.29. The smallest absolute Gasteiger partial charge is 0.255 e. The molecular formula is C22H31FN4O. The maximum absolute atomic E-state index is 13.2. The minimum atomic E-state index is -0.290. The highest BCUT2D eigenvalue weighted by molar-refractivity contribution is 5.95. The topological polar surface area (TPSA) is 50.2 Å². The van der Waals surface area contributed by atoms with Crippen molar-refractivity contribution in [1.82, 2.24) is 20.0 Å². The van der Waals surface area contributed by atoms with E-state index in [0.29, 0.717) is 23.8 Å². The molecule has 6 heteroatoms. The molecule has 28 heavy (non-hydrogen) atoms. The van der Waals surface area contributed by atoms with Crippen molar-refractivity contribution in [2.24, 2.45) is 11.8 Å². The summed E-state index contributed by atoms with van der Waals surface area (Å²) >= 11 is 0. The van der Waals surface area contributed by atoms with Crippen LogP contribution in [0, 0.1) is 17.7 Å². The Hall–Kier alpha value is -2.21. The summed E-state index contributed by atoms with van der Waals surface area (Å²) < 4.78 is 14.9. The molecule has 0 spiro atoms. The highest BCUT2D eigenvalue weighted by atomic mass is 19.1. The monoisotopic (exact) mass is 386 g/mol. The molecule has 2 aromatic rings. The zero-order valence-electron chi connectivity index (χ0n) is 17.3. The van der Waals surface area contributed by atoms with Crippen molar-refractivity contribution in [3.63, 3.8) is 0 Å². The van der Waals surface area contributed by atoms with Gasteiger partial charge in [0.15, 0.2) is 0 Å². The van der Waals surface area contributed by atoms with E-state index in [-0.39, 0.29) is 17.8 Å². The first-order valence-electron chi connectivity index (χ1n) is 10.2. The molecule has 1 N–H and O–H groups in total. The molecule has 0 bridgehead atoms. The lowest BCUT2D eigenvalue weighted by molar-refractivity contribution is 0.0904. The third-order valence-electron chi connectivity index (χ3n) is 5.37. The minimum Gasteiger partial charge on any atom is -0.348 e. The van der Waals surface area contributed by atoms with Crippen LogP contribution >= 0.6 is 0 Å². The van der Waals surface area contributed by atoms with Crippen molar-refractivity contribution in [3.8, 4) is 5.69 Å². The molecule has 3 rings (SSSR count). The van der Waals surface area contributed by atoms with Gasteiger partial charge in [-0.25, -0.2) is 9.07 Å². The van der Waals surface area contributed by atoms with Gasteiger partial charge in [-0.3, -0.25) is 4.79 Å². The Morgan fingerprint density at radius 3 is 2.50 bits per heavy atom. The lowest BCUT2D eigenvalue weighted by Crippen LogP contribution is -2.47. The number of carbonyl (C=O) groups excluding carboxylic acids is 1. The molecule has 0 aliphatic carbocycles. The summed E-state index contributed by atoms with van der Waals surface area (Å²) in [6.45, 7) is 11.7. The summed E-state index contributed by atoms with van der Waals surface area (Å²) in [4.78, 5) is 15.3. The number of hydrogen-bond donors (Lipinski definition) is 1. The highest BCUT2D eigenvalue weighted by Gasteiger charge is 2.24. The van der Waals surface area contributed by atoms with Gasteiger partial charge in [0.2, 0.25) is 0 Å². The second-order valence-electron chi connectivity index (χ2n) is 8.29. The normalized spacial score (nSPS) is 21.5. The number of benzene rings is 1. The molecule has 1 aliphatic rings. The van der Waals surface area contributed by atoms with Crippen LogP contribution in [-0.4, -0.2) is 46.3 Å². The summed E-state index contributed by atoms with van der Waals surface area (Å²) in [5.74, 6) is 1.01. The SMILES string of the molecule is CCc1c(C(=O)NC(C)CN2CC(C)CC(C)C2)cnn1-c1ccc(F)cc1. The molecule has 3 atom stereocenters. The fourth-order valence-corrected chi connectivity index (χ4v) is 4.38. The lowest BCUT2D eigenvalue weighted by atomic mass is 9.92. The van der Waals surface area contributed by atoms with E-state index < -0.39 is 0 Å². The molecule has 1 amide bonds. The van der Waals surface area contributed by atoms with E-state index in [1.165, 1.54) is 18.6 Å². The van der Waals surface area contributed by atoms with Gasteiger partial charge in [0.05, 0.1) is 23.1 Å². The van der Waals surface area contributed by atoms with E-state index in [0.717, 1.165) is 31.0 Å². The zero-order chi connectivity index (χ0) is 20.3. The van der Waals surface area contributed by atoms with Gasteiger partial charge in [-0.1, -0.05) is 20.8 Å². The molecule has 3 unspecified atom stereocenters. The van der Waals surface area contributed by atoms with Gasteiger partial charge in [-0.2, -0.15) is 5.10 Å². The van der Waals surface area contributed by atoms with E-state index in [2.05, 4.69) is 36.1 Å².